The van der Waals surface area contributed by atoms with E-state index in [1.54, 1.807) is 15.9 Å². The molecule has 1 heterocycles. The Morgan fingerprint density at radius 1 is 1.08 bits per heavy atom. The summed E-state index contributed by atoms with van der Waals surface area (Å²) in [7, 11) is 1.83. The first-order chi connectivity index (χ1) is 11.6. The lowest BCUT2D eigenvalue weighted by Gasteiger charge is -2.25. The third kappa shape index (κ3) is 3.20. The van der Waals surface area contributed by atoms with Crippen LogP contribution in [0, 0.1) is 6.92 Å². The fraction of sp³-hybridized carbons (Fsp3) is 0.211. The van der Waals surface area contributed by atoms with Crippen molar-refractivity contribution in [1.82, 2.24) is 19.7 Å². The van der Waals surface area contributed by atoms with Gasteiger partial charge in [-0.05, 0) is 43.7 Å². The molecular weight excluding hydrogens is 300 g/mol. The van der Waals surface area contributed by atoms with Gasteiger partial charge in [-0.25, -0.2) is 9.67 Å². The molecule has 1 atom stereocenters. The first-order valence-electron chi connectivity index (χ1n) is 7.85. The van der Waals surface area contributed by atoms with Crippen LogP contribution in [-0.4, -0.2) is 32.6 Å². The van der Waals surface area contributed by atoms with Crippen molar-refractivity contribution in [2.45, 2.75) is 19.9 Å². The molecule has 0 bridgehead atoms. The molecule has 3 rings (SSSR count). The van der Waals surface area contributed by atoms with E-state index in [0.29, 0.717) is 5.56 Å². The van der Waals surface area contributed by atoms with Gasteiger partial charge >= 0.3 is 0 Å². The molecule has 0 aliphatic heterocycles. The van der Waals surface area contributed by atoms with Crippen molar-refractivity contribution in [1.29, 1.82) is 0 Å². The molecule has 0 fully saturated rings. The summed E-state index contributed by atoms with van der Waals surface area (Å²) in [5, 5.41) is 4.11. The van der Waals surface area contributed by atoms with E-state index in [-0.39, 0.29) is 11.9 Å². The van der Waals surface area contributed by atoms with Crippen molar-refractivity contribution in [2.24, 2.45) is 0 Å². The van der Waals surface area contributed by atoms with E-state index in [2.05, 4.69) is 10.1 Å². The molecule has 1 amide bonds. The highest BCUT2D eigenvalue weighted by Gasteiger charge is 2.18. The highest BCUT2D eigenvalue weighted by molar-refractivity contribution is 5.94. The number of nitrogens with zero attached hydrogens (tertiary/aromatic N) is 4. The van der Waals surface area contributed by atoms with Crippen molar-refractivity contribution in [3.05, 3.63) is 77.9 Å². The van der Waals surface area contributed by atoms with Crippen molar-refractivity contribution in [2.75, 3.05) is 7.05 Å². The number of hydrogen-bond acceptors (Lipinski definition) is 3. The summed E-state index contributed by atoms with van der Waals surface area (Å²) >= 11 is 0. The van der Waals surface area contributed by atoms with Gasteiger partial charge in [-0.3, -0.25) is 4.79 Å². The van der Waals surface area contributed by atoms with Gasteiger partial charge < -0.3 is 4.90 Å². The minimum Gasteiger partial charge on any atom is -0.335 e. The summed E-state index contributed by atoms with van der Waals surface area (Å²) in [5.41, 5.74) is 3.86. The molecule has 122 valence electrons. The molecule has 0 saturated heterocycles. The summed E-state index contributed by atoms with van der Waals surface area (Å²) in [6, 6.07) is 15.6. The standard InChI is InChI=1S/C19H20N4O/c1-14-4-6-17(7-5-14)19(24)22(3)15(2)16-8-10-18(11-9-16)23-13-20-12-21-23/h4-13,15H,1-3H3. The largest absolute Gasteiger partial charge is 0.335 e. The molecule has 3 aromatic rings. The highest BCUT2D eigenvalue weighted by atomic mass is 16.2. The fourth-order valence-electron chi connectivity index (χ4n) is 2.55. The van der Waals surface area contributed by atoms with Crippen LogP contribution in [0.15, 0.2) is 61.2 Å². The van der Waals surface area contributed by atoms with Crippen molar-refractivity contribution in [3.63, 3.8) is 0 Å². The Morgan fingerprint density at radius 3 is 2.33 bits per heavy atom. The summed E-state index contributed by atoms with van der Waals surface area (Å²) < 4.78 is 1.70. The van der Waals surface area contributed by atoms with Gasteiger partial charge in [-0.1, -0.05) is 29.8 Å². The number of carbonyl (C=O) groups excluding carboxylic acids is 1. The zero-order valence-corrected chi connectivity index (χ0v) is 14.0. The summed E-state index contributed by atoms with van der Waals surface area (Å²) in [5.74, 6) is 0.0165. The second-order valence-corrected chi connectivity index (χ2v) is 5.89. The molecule has 0 saturated carbocycles. The molecule has 0 spiro atoms. The Kier molecular flexibility index (Phi) is 4.42. The van der Waals surface area contributed by atoms with Crippen molar-refractivity contribution in [3.8, 4) is 5.69 Å². The van der Waals surface area contributed by atoms with Crippen molar-refractivity contribution >= 4 is 5.91 Å². The SMILES string of the molecule is Cc1ccc(C(=O)N(C)C(C)c2ccc(-n3cncn3)cc2)cc1. The first kappa shape index (κ1) is 15.9. The van der Waals surface area contributed by atoms with Gasteiger partial charge in [0.15, 0.2) is 0 Å². The summed E-state index contributed by atoms with van der Waals surface area (Å²) in [6.45, 7) is 4.04. The number of aryl methyl sites for hydroxylation is 1. The van der Waals surface area contributed by atoms with E-state index in [1.807, 2.05) is 69.4 Å². The first-order valence-corrected chi connectivity index (χ1v) is 7.85. The van der Waals surface area contributed by atoms with Crippen LogP contribution in [-0.2, 0) is 0 Å². The van der Waals surface area contributed by atoms with Crippen LogP contribution in [0.1, 0.15) is 34.5 Å². The summed E-state index contributed by atoms with van der Waals surface area (Å²) in [4.78, 5) is 18.3. The second kappa shape index (κ2) is 6.66. The predicted molar refractivity (Wildman–Crippen MR) is 93.0 cm³/mol. The average Bonchev–Trinajstić information content (AvgIpc) is 3.15. The number of carbonyl (C=O) groups is 1. The monoisotopic (exact) mass is 320 g/mol. The molecular formula is C19H20N4O. The zero-order valence-electron chi connectivity index (χ0n) is 14.0. The fourth-order valence-corrected chi connectivity index (χ4v) is 2.55. The van der Waals surface area contributed by atoms with Gasteiger partial charge in [0.05, 0.1) is 11.7 Å². The molecule has 1 aromatic heterocycles. The van der Waals surface area contributed by atoms with Crippen LogP contribution >= 0.6 is 0 Å². The Morgan fingerprint density at radius 2 is 1.75 bits per heavy atom. The Balaban J connectivity index is 1.76. The average molecular weight is 320 g/mol. The normalized spacial score (nSPS) is 12.0. The number of aromatic nitrogens is 3. The van der Waals surface area contributed by atoms with E-state index in [0.717, 1.165) is 16.8 Å². The lowest BCUT2D eigenvalue weighted by Crippen LogP contribution is -2.29. The molecule has 24 heavy (non-hydrogen) atoms. The van der Waals surface area contributed by atoms with E-state index >= 15 is 0 Å². The molecule has 0 radical (unpaired) electrons. The Hall–Kier alpha value is -2.95. The van der Waals surface area contributed by atoms with Gasteiger partial charge in [0.2, 0.25) is 0 Å². The van der Waals surface area contributed by atoms with E-state index < -0.39 is 0 Å². The number of benzene rings is 2. The molecule has 0 aliphatic carbocycles. The van der Waals surface area contributed by atoms with Gasteiger partial charge in [0.25, 0.3) is 5.91 Å². The van der Waals surface area contributed by atoms with Gasteiger partial charge in [0, 0.05) is 12.6 Å². The number of hydrogen-bond donors (Lipinski definition) is 0. The predicted octanol–water partition coefficient (Wildman–Crippen LogP) is 3.41. The Labute approximate surface area is 141 Å². The minimum absolute atomic E-state index is 0.0165. The van der Waals surface area contributed by atoms with Gasteiger partial charge in [0.1, 0.15) is 12.7 Å². The van der Waals surface area contributed by atoms with Crippen LogP contribution in [0.25, 0.3) is 5.69 Å². The van der Waals surface area contributed by atoms with Gasteiger partial charge in [-0.15, -0.1) is 0 Å². The summed E-state index contributed by atoms with van der Waals surface area (Å²) in [6.07, 6.45) is 3.16. The van der Waals surface area contributed by atoms with E-state index in [9.17, 15) is 4.79 Å². The van der Waals surface area contributed by atoms with Crippen LogP contribution in [0.5, 0.6) is 0 Å². The third-order valence-corrected chi connectivity index (χ3v) is 4.26. The maximum absolute atomic E-state index is 12.6. The topological polar surface area (TPSA) is 51.0 Å². The maximum Gasteiger partial charge on any atom is 0.254 e. The second-order valence-electron chi connectivity index (χ2n) is 5.89. The smallest absolute Gasteiger partial charge is 0.254 e. The molecule has 0 aliphatic rings. The maximum atomic E-state index is 12.6. The zero-order chi connectivity index (χ0) is 17.1. The van der Waals surface area contributed by atoms with Crippen LogP contribution < -0.4 is 0 Å². The van der Waals surface area contributed by atoms with Crippen LogP contribution in [0.2, 0.25) is 0 Å². The molecule has 1 unspecified atom stereocenters. The van der Waals surface area contributed by atoms with Crippen LogP contribution in [0.3, 0.4) is 0 Å². The van der Waals surface area contributed by atoms with E-state index in [1.165, 1.54) is 6.33 Å². The molecule has 5 nitrogen and oxygen atoms in total. The van der Waals surface area contributed by atoms with Crippen molar-refractivity contribution < 1.29 is 4.79 Å². The number of amides is 1. The quantitative estimate of drug-likeness (QED) is 0.740. The van der Waals surface area contributed by atoms with Gasteiger partial charge in [-0.2, -0.15) is 5.10 Å². The Bertz CT molecular complexity index is 808. The third-order valence-electron chi connectivity index (χ3n) is 4.26. The molecule has 0 N–H and O–H groups in total. The molecule has 5 heteroatoms. The number of rotatable bonds is 4. The lowest BCUT2D eigenvalue weighted by molar-refractivity contribution is 0.0742. The highest BCUT2D eigenvalue weighted by Crippen LogP contribution is 2.22. The lowest BCUT2D eigenvalue weighted by atomic mass is 10.1. The van der Waals surface area contributed by atoms with E-state index in [4.69, 9.17) is 0 Å². The molecule has 2 aromatic carbocycles. The van der Waals surface area contributed by atoms with Crippen LogP contribution in [0.4, 0.5) is 0 Å². The minimum atomic E-state index is -0.0244.